The van der Waals surface area contributed by atoms with Crippen molar-refractivity contribution in [3.63, 3.8) is 0 Å². The quantitative estimate of drug-likeness (QED) is 0.875. The fourth-order valence-electron chi connectivity index (χ4n) is 1.87. The summed E-state index contributed by atoms with van der Waals surface area (Å²) in [6, 6.07) is 7.28. The lowest BCUT2D eigenvalue weighted by molar-refractivity contribution is -0.118. The second-order valence-corrected chi connectivity index (χ2v) is 7.27. The number of rotatable bonds is 3. The first kappa shape index (κ1) is 14.5. The number of carbonyl (C=O) groups is 2. The molecule has 2 heterocycles. The number of sulfonamides is 1. The molecule has 9 heteroatoms. The summed E-state index contributed by atoms with van der Waals surface area (Å²) in [5, 5.41) is 4.16. The maximum Gasteiger partial charge on any atom is 0.273 e. The molecule has 0 aliphatic carbocycles. The number of ether oxygens (including phenoxy) is 1. The Balaban J connectivity index is 1.84. The normalized spacial score (nSPS) is 13.7. The molecule has 0 bridgehead atoms. The van der Waals surface area contributed by atoms with Crippen molar-refractivity contribution in [3.05, 3.63) is 41.3 Å². The maximum absolute atomic E-state index is 12.1. The van der Waals surface area contributed by atoms with Gasteiger partial charge in [-0.3, -0.25) is 9.59 Å². The summed E-state index contributed by atoms with van der Waals surface area (Å²) >= 11 is 1.01. The zero-order valence-corrected chi connectivity index (χ0v) is 12.7. The maximum atomic E-state index is 12.1. The summed E-state index contributed by atoms with van der Waals surface area (Å²) in [7, 11) is -3.90. The third-order valence-corrected chi connectivity index (χ3v) is 5.59. The third kappa shape index (κ3) is 2.81. The van der Waals surface area contributed by atoms with Crippen molar-refractivity contribution < 1.29 is 22.7 Å². The van der Waals surface area contributed by atoms with Crippen LogP contribution in [0.2, 0.25) is 0 Å². The number of carbonyl (C=O) groups excluding carboxylic acids is 2. The van der Waals surface area contributed by atoms with Crippen LogP contribution in [-0.2, 0) is 14.8 Å². The molecule has 0 spiro atoms. The van der Waals surface area contributed by atoms with Crippen LogP contribution in [0.3, 0.4) is 0 Å². The number of thiophene rings is 1. The first-order valence-electron chi connectivity index (χ1n) is 6.13. The van der Waals surface area contributed by atoms with Crippen LogP contribution in [0.1, 0.15) is 10.4 Å². The molecule has 2 amide bonds. The van der Waals surface area contributed by atoms with Gasteiger partial charge in [-0.05, 0) is 29.6 Å². The van der Waals surface area contributed by atoms with Crippen molar-refractivity contribution in [2.45, 2.75) is 4.21 Å². The first-order chi connectivity index (χ1) is 10.5. The van der Waals surface area contributed by atoms with Crippen molar-refractivity contribution in [3.8, 4) is 5.75 Å². The number of hydrogen-bond donors (Lipinski definition) is 2. The van der Waals surface area contributed by atoms with E-state index in [-0.39, 0.29) is 22.3 Å². The molecule has 1 aromatic heterocycles. The van der Waals surface area contributed by atoms with E-state index in [1.165, 1.54) is 24.3 Å². The number of amides is 2. The molecule has 3 rings (SSSR count). The van der Waals surface area contributed by atoms with Crippen LogP contribution in [0.4, 0.5) is 5.69 Å². The van der Waals surface area contributed by atoms with E-state index >= 15 is 0 Å². The van der Waals surface area contributed by atoms with E-state index < -0.39 is 15.9 Å². The van der Waals surface area contributed by atoms with Crippen molar-refractivity contribution in [1.29, 1.82) is 0 Å². The van der Waals surface area contributed by atoms with Crippen molar-refractivity contribution in [1.82, 2.24) is 4.72 Å². The van der Waals surface area contributed by atoms with Gasteiger partial charge in [0.2, 0.25) is 0 Å². The van der Waals surface area contributed by atoms with Gasteiger partial charge in [-0.1, -0.05) is 6.07 Å². The fraction of sp³-hybridized carbons (Fsp3) is 0.0769. The lowest BCUT2D eigenvalue weighted by atomic mass is 10.1. The minimum atomic E-state index is -3.90. The molecule has 1 aliphatic heterocycles. The van der Waals surface area contributed by atoms with E-state index in [1.807, 2.05) is 4.72 Å². The van der Waals surface area contributed by atoms with Gasteiger partial charge < -0.3 is 10.1 Å². The Labute approximate surface area is 130 Å². The van der Waals surface area contributed by atoms with E-state index in [1.54, 1.807) is 11.4 Å². The summed E-state index contributed by atoms with van der Waals surface area (Å²) in [6.07, 6.45) is 0. The average Bonchev–Trinajstić information content (AvgIpc) is 3.01. The molecule has 1 aliphatic rings. The van der Waals surface area contributed by atoms with Crippen LogP contribution in [0.25, 0.3) is 0 Å². The SMILES string of the molecule is O=C1COc2ccc(C(=O)NS(=O)(=O)c3cccs3)cc2N1. The molecule has 2 aromatic rings. The standard InChI is InChI=1S/C13H10N2O5S2/c16-11-7-20-10-4-3-8(6-9(10)14-11)13(17)15-22(18,19)12-2-1-5-21-12/h1-6H,7H2,(H,14,16)(H,15,17). The van der Waals surface area contributed by atoms with Gasteiger partial charge in [-0.15, -0.1) is 11.3 Å². The highest BCUT2D eigenvalue weighted by molar-refractivity contribution is 7.92. The lowest BCUT2D eigenvalue weighted by Gasteiger charge is -2.18. The average molecular weight is 338 g/mol. The van der Waals surface area contributed by atoms with E-state index in [2.05, 4.69) is 5.32 Å². The molecular weight excluding hydrogens is 328 g/mol. The molecule has 2 N–H and O–H groups in total. The Kier molecular flexibility index (Phi) is 3.59. The predicted molar refractivity (Wildman–Crippen MR) is 79.5 cm³/mol. The van der Waals surface area contributed by atoms with Crippen LogP contribution < -0.4 is 14.8 Å². The molecule has 114 valence electrons. The molecule has 0 saturated carbocycles. The predicted octanol–water partition coefficient (Wildman–Crippen LogP) is 1.20. The Hall–Kier alpha value is -2.39. The minimum Gasteiger partial charge on any atom is -0.482 e. The van der Waals surface area contributed by atoms with Crippen LogP contribution in [0.5, 0.6) is 5.75 Å². The minimum absolute atomic E-state index is 0.0513. The van der Waals surface area contributed by atoms with Gasteiger partial charge in [0, 0.05) is 5.56 Å². The second-order valence-electron chi connectivity index (χ2n) is 4.41. The van der Waals surface area contributed by atoms with Gasteiger partial charge in [-0.2, -0.15) is 0 Å². The van der Waals surface area contributed by atoms with Gasteiger partial charge in [0.15, 0.2) is 6.61 Å². The summed E-state index contributed by atoms with van der Waals surface area (Å²) in [5.41, 5.74) is 0.433. The number of benzene rings is 1. The van der Waals surface area contributed by atoms with Crippen LogP contribution in [0, 0.1) is 0 Å². The first-order valence-corrected chi connectivity index (χ1v) is 8.49. The second kappa shape index (κ2) is 5.43. The van der Waals surface area contributed by atoms with Crippen molar-refractivity contribution >= 4 is 38.9 Å². The smallest absolute Gasteiger partial charge is 0.273 e. The van der Waals surface area contributed by atoms with Gasteiger partial charge in [0.1, 0.15) is 9.96 Å². The largest absolute Gasteiger partial charge is 0.482 e. The zero-order valence-electron chi connectivity index (χ0n) is 11.0. The number of hydrogen-bond acceptors (Lipinski definition) is 6. The van der Waals surface area contributed by atoms with Crippen LogP contribution in [0.15, 0.2) is 39.9 Å². The van der Waals surface area contributed by atoms with E-state index in [0.717, 1.165) is 11.3 Å². The molecule has 0 radical (unpaired) electrons. The summed E-state index contributed by atoms with van der Waals surface area (Å²) in [6.45, 7) is -0.0920. The van der Waals surface area contributed by atoms with Gasteiger partial charge in [-0.25, -0.2) is 13.1 Å². The number of anilines is 1. The zero-order chi connectivity index (χ0) is 15.7. The Morgan fingerprint density at radius 2 is 2.14 bits per heavy atom. The van der Waals surface area contributed by atoms with Gasteiger partial charge in [0.05, 0.1) is 5.69 Å². The summed E-state index contributed by atoms with van der Waals surface area (Å²) < 4.78 is 31.2. The molecular formula is C13H10N2O5S2. The highest BCUT2D eigenvalue weighted by Crippen LogP contribution is 2.28. The molecule has 1 aromatic carbocycles. The van der Waals surface area contributed by atoms with Crippen molar-refractivity contribution in [2.24, 2.45) is 0 Å². The molecule has 7 nitrogen and oxygen atoms in total. The summed E-state index contributed by atoms with van der Waals surface area (Å²) in [5.74, 6) is -0.690. The molecule has 22 heavy (non-hydrogen) atoms. The Morgan fingerprint density at radius 1 is 1.32 bits per heavy atom. The molecule has 0 fully saturated rings. The van der Waals surface area contributed by atoms with Crippen molar-refractivity contribution in [2.75, 3.05) is 11.9 Å². The lowest BCUT2D eigenvalue weighted by Crippen LogP contribution is -2.30. The van der Waals surface area contributed by atoms with Gasteiger partial charge in [0.25, 0.3) is 21.8 Å². The topological polar surface area (TPSA) is 102 Å². The third-order valence-electron chi connectivity index (χ3n) is 2.86. The van der Waals surface area contributed by atoms with E-state index in [0.29, 0.717) is 11.4 Å². The highest BCUT2D eigenvalue weighted by atomic mass is 32.2. The Bertz CT molecular complexity index is 843. The van der Waals surface area contributed by atoms with E-state index in [4.69, 9.17) is 4.74 Å². The van der Waals surface area contributed by atoms with Gasteiger partial charge >= 0.3 is 0 Å². The number of fused-ring (bicyclic) bond motifs is 1. The monoisotopic (exact) mass is 338 g/mol. The highest BCUT2D eigenvalue weighted by Gasteiger charge is 2.22. The molecule has 0 saturated heterocycles. The van der Waals surface area contributed by atoms with Crippen LogP contribution >= 0.6 is 11.3 Å². The van der Waals surface area contributed by atoms with Crippen LogP contribution in [-0.4, -0.2) is 26.8 Å². The fourth-order valence-corrected chi connectivity index (χ4v) is 3.84. The summed E-state index contributed by atoms with van der Waals surface area (Å²) in [4.78, 5) is 23.3. The Morgan fingerprint density at radius 3 is 2.86 bits per heavy atom. The number of nitrogens with one attached hydrogen (secondary N) is 2. The van der Waals surface area contributed by atoms with E-state index in [9.17, 15) is 18.0 Å². The molecule has 0 atom stereocenters. The molecule has 0 unspecified atom stereocenters.